The van der Waals surface area contributed by atoms with Gasteiger partial charge in [0.25, 0.3) is 0 Å². The van der Waals surface area contributed by atoms with E-state index in [1.165, 1.54) is 7.11 Å². The highest BCUT2D eigenvalue weighted by atomic mass is 35.5. The summed E-state index contributed by atoms with van der Waals surface area (Å²) in [4.78, 5) is 11.6. The first kappa shape index (κ1) is 15.4. The van der Waals surface area contributed by atoms with Crippen LogP contribution in [0, 0.1) is 0 Å². The van der Waals surface area contributed by atoms with Gasteiger partial charge in [-0.15, -0.1) is 0 Å². The summed E-state index contributed by atoms with van der Waals surface area (Å²) in [6.07, 6.45) is 0.860. The molecule has 1 heterocycles. The number of carbonyl (C=O) groups excluding carboxylic acids is 1. The van der Waals surface area contributed by atoms with Crippen molar-refractivity contribution in [1.82, 2.24) is 0 Å². The summed E-state index contributed by atoms with van der Waals surface area (Å²) in [6, 6.07) is 4.93. The molecule has 0 amide bonds. The van der Waals surface area contributed by atoms with Gasteiger partial charge in [-0.25, -0.2) is 4.79 Å². The Labute approximate surface area is 124 Å². The Bertz CT molecular complexity index is 518. The standard InChI is InChI=1S/C14H18BClO4/c1-9-8-14(2,3)20-15(19-9)11-7-10(13(17)18-4)5-6-12(11)16/h5-7,9H,8H2,1-4H3/t9-/m1/s1. The second-order valence-electron chi connectivity index (χ2n) is 5.59. The van der Waals surface area contributed by atoms with Crippen LogP contribution in [0.4, 0.5) is 0 Å². The third-order valence-corrected chi connectivity index (χ3v) is 3.58. The Balaban J connectivity index is 2.33. The van der Waals surface area contributed by atoms with Gasteiger partial charge >= 0.3 is 13.1 Å². The molecule has 0 aliphatic carbocycles. The lowest BCUT2D eigenvalue weighted by Crippen LogP contribution is -2.52. The van der Waals surface area contributed by atoms with Crippen LogP contribution in [0.15, 0.2) is 18.2 Å². The molecule has 1 aliphatic rings. The summed E-state index contributed by atoms with van der Waals surface area (Å²) in [5.41, 5.74) is 0.775. The number of halogens is 1. The lowest BCUT2D eigenvalue weighted by molar-refractivity contribution is -0.0229. The first-order chi connectivity index (χ1) is 9.32. The molecule has 0 N–H and O–H groups in total. The number of benzene rings is 1. The second-order valence-corrected chi connectivity index (χ2v) is 6.00. The Morgan fingerprint density at radius 1 is 1.50 bits per heavy atom. The monoisotopic (exact) mass is 296 g/mol. The fourth-order valence-electron chi connectivity index (χ4n) is 2.42. The Morgan fingerprint density at radius 2 is 2.20 bits per heavy atom. The largest absolute Gasteiger partial charge is 0.496 e. The Morgan fingerprint density at radius 3 is 2.80 bits per heavy atom. The summed E-state index contributed by atoms with van der Waals surface area (Å²) >= 11 is 6.21. The van der Waals surface area contributed by atoms with E-state index in [0.29, 0.717) is 16.0 Å². The van der Waals surface area contributed by atoms with Crippen LogP contribution in [0.3, 0.4) is 0 Å². The molecule has 0 spiro atoms. The average Bonchev–Trinajstić information content (AvgIpc) is 2.36. The van der Waals surface area contributed by atoms with E-state index in [0.717, 1.165) is 6.42 Å². The van der Waals surface area contributed by atoms with Gasteiger partial charge in [-0.2, -0.15) is 0 Å². The molecule has 1 atom stereocenters. The molecular weight excluding hydrogens is 278 g/mol. The van der Waals surface area contributed by atoms with Crippen LogP contribution in [-0.4, -0.2) is 31.9 Å². The van der Waals surface area contributed by atoms with Crippen LogP contribution in [0.2, 0.25) is 5.02 Å². The summed E-state index contributed by atoms with van der Waals surface area (Å²) in [6.45, 7) is 6.02. The predicted octanol–water partition coefficient (Wildman–Crippen LogP) is 2.43. The third-order valence-electron chi connectivity index (χ3n) is 3.23. The normalized spacial score (nSPS) is 21.6. The number of methoxy groups -OCH3 is 1. The molecule has 0 radical (unpaired) electrons. The van der Waals surface area contributed by atoms with Gasteiger partial charge in [-0.05, 0) is 45.4 Å². The van der Waals surface area contributed by atoms with Crippen LogP contribution in [0.1, 0.15) is 37.6 Å². The molecule has 1 fully saturated rings. The highest BCUT2D eigenvalue weighted by Gasteiger charge is 2.39. The second kappa shape index (κ2) is 5.76. The van der Waals surface area contributed by atoms with Crippen LogP contribution in [-0.2, 0) is 14.0 Å². The topological polar surface area (TPSA) is 44.8 Å². The molecule has 0 saturated carbocycles. The van der Waals surface area contributed by atoms with Crippen molar-refractivity contribution in [3.05, 3.63) is 28.8 Å². The molecule has 2 rings (SSSR count). The van der Waals surface area contributed by atoms with Gasteiger partial charge in [0.1, 0.15) is 0 Å². The number of carbonyl (C=O) groups is 1. The van der Waals surface area contributed by atoms with Gasteiger partial charge in [-0.1, -0.05) is 11.6 Å². The van der Waals surface area contributed by atoms with Gasteiger partial charge in [0.2, 0.25) is 0 Å². The quantitative estimate of drug-likeness (QED) is 0.621. The van der Waals surface area contributed by atoms with E-state index in [-0.39, 0.29) is 11.7 Å². The number of rotatable bonds is 2. The zero-order chi connectivity index (χ0) is 14.9. The van der Waals surface area contributed by atoms with Crippen molar-refractivity contribution < 1.29 is 18.8 Å². The molecule has 0 bridgehead atoms. The molecule has 0 unspecified atom stereocenters. The van der Waals surface area contributed by atoms with Crippen molar-refractivity contribution in [2.75, 3.05) is 7.11 Å². The molecule has 6 heteroatoms. The molecule has 1 saturated heterocycles. The Kier molecular flexibility index (Phi) is 4.42. The van der Waals surface area contributed by atoms with Crippen LogP contribution >= 0.6 is 11.6 Å². The molecule has 20 heavy (non-hydrogen) atoms. The predicted molar refractivity (Wildman–Crippen MR) is 78.5 cm³/mol. The third kappa shape index (κ3) is 3.34. The molecule has 1 aromatic carbocycles. The van der Waals surface area contributed by atoms with E-state index in [1.807, 2.05) is 20.8 Å². The van der Waals surface area contributed by atoms with E-state index in [1.54, 1.807) is 18.2 Å². The minimum absolute atomic E-state index is 0.0570. The van der Waals surface area contributed by atoms with Crippen molar-refractivity contribution in [3.8, 4) is 0 Å². The van der Waals surface area contributed by atoms with Gasteiger partial charge in [0, 0.05) is 16.6 Å². The minimum atomic E-state index is -0.578. The minimum Gasteiger partial charge on any atom is -0.465 e. The SMILES string of the molecule is COC(=O)c1ccc(Cl)c(B2O[C@H](C)CC(C)(C)O2)c1. The number of hydrogen-bond donors (Lipinski definition) is 0. The summed E-state index contributed by atoms with van der Waals surface area (Å²) in [5, 5.41) is 0.507. The molecule has 108 valence electrons. The lowest BCUT2D eigenvalue weighted by atomic mass is 9.74. The molecule has 0 aromatic heterocycles. The van der Waals surface area contributed by atoms with Crippen molar-refractivity contribution in [1.29, 1.82) is 0 Å². The summed E-state index contributed by atoms with van der Waals surface area (Å²) in [7, 11) is 0.765. The van der Waals surface area contributed by atoms with E-state index >= 15 is 0 Å². The molecule has 4 nitrogen and oxygen atoms in total. The van der Waals surface area contributed by atoms with Gasteiger partial charge in [-0.3, -0.25) is 0 Å². The summed E-state index contributed by atoms with van der Waals surface area (Å²) < 4.78 is 16.4. The van der Waals surface area contributed by atoms with E-state index in [2.05, 4.69) is 0 Å². The number of hydrogen-bond acceptors (Lipinski definition) is 4. The van der Waals surface area contributed by atoms with Gasteiger partial charge in [0.05, 0.1) is 18.3 Å². The molecule has 1 aliphatic heterocycles. The van der Waals surface area contributed by atoms with Crippen molar-refractivity contribution in [2.45, 2.75) is 38.9 Å². The van der Waals surface area contributed by atoms with E-state index < -0.39 is 13.1 Å². The summed E-state index contributed by atoms with van der Waals surface area (Å²) in [5.74, 6) is -0.411. The number of esters is 1. The van der Waals surface area contributed by atoms with Crippen molar-refractivity contribution in [2.24, 2.45) is 0 Å². The maximum Gasteiger partial charge on any atom is 0.496 e. The van der Waals surface area contributed by atoms with E-state index in [4.69, 9.17) is 25.6 Å². The highest BCUT2D eigenvalue weighted by Crippen LogP contribution is 2.26. The zero-order valence-corrected chi connectivity index (χ0v) is 12.9. The maximum absolute atomic E-state index is 11.6. The smallest absolute Gasteiger partial charge is 0.465 e. The fourth-order valence-corrected chi connectivity index (χ4v) is 2.63. The number of ether oxygens (including phenoxy) is 1. The lowest BCUT2D eigenvalue weighted by Gasteiger charge is -2.38. The molecular formula is C14H18BClO4. The average molecular weight is 297 g/mol. The zero-order valence-electron chi connectivity index (χ0n) is 12.1. The van der Waals surface area contributed by atoms with Crippen LogP contribution in [0.5, 0.6) is 0 Å². The van der Waals surface area contributed by atoms with Crippen molar-refractivity contribution >= 4 is 30.2 Å². The van der Waals surface area contributed by atoms with Crippen molar-refractivity contribution in [3.63, 3.8) is 0 Å². The van der Waals surface area contributed by atoms with E-state index in [9.17, 15) is 4.79 Å². The van der Waals surface area contributed by atoms with Gasteiger partial charge in [0.15, 0.2) is 0 Å². The van der Waals surface area contributed by atoms with Crippen LogP contribution in [0.25, 0.3) is 0 Å². The Hall–Kier alpha value is -1.04. The first-order valence-electron chi connectivity index (χ1n) is 6.53. The fraction of sp³-hybridized carbons (Fsp3) is 0.500. The maximum atomic E-state index is 11.6. The molecule has 1 aromatic rings. The highest BCUT2D eigenvalue weighted by molar-refractivity contribution is 6.65. The first-order valence-corrected chi connectivity index (χ1v) is 6.91. The van der Waals surface area contributed by atoms with Crippen LogP contribution < -0.4 is 5.46 Å². The van der Waals surface area contributed by atoms with Gasteiger partial charge < -0.3 is 14.0 Å².